The molecule has 5 nitrogen and oxygen atoms in total. The summed E-state index contributed by atoms with van der Waals surface area (Å²) in [5.41, 5.74) is 0. The van der Waals surface area contributed by atoms with Crippen molar-refractivity contribution in [2.24, 2.45) is 11.8 Å². The minimum Gasteiger partial charge on any atom is -0.481 e. The Balaban J connectivity index is 3.93. The van der Waals surface area contributed by atoms with Crippen molar-refractivity contribution >= 4 is 12.0 Å². The van der Waals surface area contributed by atoms with Crippen molar-refractivity contribution in [3.05, 3.63) is 0 Å². The van der Waals surface area contributed by atoms with Gasteiger partial charge < -0.3 is 15.7 Å². The number of rotatable bonds is 8. The van der Waals surface area contributed by atoms with Gasteiger partial charge in [0.05, 0.1) is 0 Å². The number of hydrogen-bond donors (Lipinski definition) is 3. The molecule has 8 heteroatoms. The van der Waals surface area contributed by atoms with Gasteiger partial charge in [0.1, 0.15) is 6.54 Å². The molecule has 0 aromatic carbocycles. The van der Waals surface area contributed by atoms with E-state index in [1.165, 1.54) is 0 Å². The monoisotopic (exact) mass is 298 g/mol. The van der Waals surface area contributed by atoms with Gasteiger partial charge in [0.2, 0.25) is 0 Å². The molecule has 0 bridgehead atoms. The second kappa shape index (κ2) is 8.65. The predicted molar refractivity (Wildman–Crippen MR) is 67.3 cm³/mol. The summed E-state index contributed by atoms with van der Waals surface area (Å²) in [4.78, 5) is 21.6. The summed E-state index contributed by atoms with van der Waals surface area (Å²) < 4.78 is 35.6. The van der Waals surface area contributed by atoms with Crippen LogP contribution in [0.15, 0.2) is 0 Å². The lowest BCUT2D eigenvalue weighted by molar-refractivity contribution is -0.137. The van der Waals surface area contributed by atoms with Gasteiger partial charge in [-0.15, -0.1) is 0 Å². The van der Waals surface area contributed by atoms with Crippen LogP contribution in [0.5, 0.6) is 0 Å². The molecule has 0 aromatic heterocycles. The van der Waals surface area contributed by atoms with Crippen molar-refractivity contribution in [2.45, 2.75) is 39.3 Å². The zero-order chi connectivity index (χ0) is 15.8. The van der Waals surface area contributed by atoms with Gasteiger partial charge in [-0.3, -0.25) is 4.79 Å². The van der Waals surface area contributed by atoms with Crippen LogP contribution in [-0.4, -0.2) is 36.4 Å². The van der Waals surface area contributed by atoms with E-state index in [2.05, 4.69) is 5.32 Å². The van der Waals surface area contributed by atoms with Crippen LogP contribution < -0.4 is 10.6 Å². The van der Waals surface area contributed by atoms with Crippen LogP contribution in [0.4, 0.5) is 18.0 Å². The van der Waals surface area contributed by atoms with Crippen molar-refractivity contribution in [3.63, 3.8) is 0 Å². The highest BCUT2D eigenvalue weighted by Crippen LogP contribution is 2.20. The van der Waals surface area contributed by atoms with E-state index >= 15 is 0 Å². The smallest absolute Gasteiger partial charge is 0.405 e. The Labute approximate surface area is 115 Å². The number of nitrogens with one attached hydrogen (secondary N) is 2. The van der Waals surface area contributed by atoms with Crippen molar-refractivity contribution in [2.75, 3.05) is 13.1 Å². The Hall–Kier alpha value is -1.47. The molecule has 3 N–H and O–H groups in total. The van der Waals surface area contributed by atoms with E-state index in [9.17, 15) is 22.8 Å². The van der Waals surface area contributed by atoms with Crippen LogP contribution in [0, 0.1) is 11.8 Å². The van der Waals surface area contributed by atoms with Gasteiger partial charge >= 0.3 is 18.2 Å². The highest BCUT2D eigenvalue weighted by atomic mass is 19.4. The quantitative estimate of drug-likeness (QED) is 0.643. The topological polar surface area (TPSA) is 78.4 Å². The molecule has 1 unspecified atom stereocenters. The van der Waals surface area contributed by atoms with E-state index in [1.54, 1.807) is 5.32 Å². The van der Waals surface area contributed by atoms with Crippen LogP contribution in [0.2, 0.25) is 0 Å². The van der Waals surface area contributed by atoms with Crippen LogP contribution in [0.3, 0.4) is 0 Å². The maximum absolute atomic E-state index is 11.9. The molecule has 0 aromatic rings. The van der Waals surface area contributed by atoms with E-state index in [4.69, 9.17) is 5.11 Å². The molecule has 118 valence electrons. The summed E-state index contributed by atoms with van der Waals surface area (Å²) in [6, 6.07) is -0.872. The number of carbonyl (C=O) groups excluding carboxylic acids is 1. The number of carboxylic acids is 1. The lowest BCUT2D eigenvalue weighted by Gasteiger charge is -2.20. The number of urea groups is 1. The molecule has 0 saturated carbocycles. The Morgan fingerprint density at radius 2 is 1.75 bits per heavy atom. The lowest BCUT2D eigenvalue weighted by atomic mass is 9.88. The van der Waals surface area contributed by atoms with E-state index in [1.807, 2.05) is 13.8 Å². The normalized spacial score (nSPS) is 13.1. The summed E-state index contributed by atoms with van der Waals surface area (Å²) in [7, 11) is 0. The van der Waals surface area contributed by atoms with Gasteiger partial charge in [-0.05, 0) is 24.7 Å². The Morgan fingerprint density at radius 3 is 2.20 bits per heavy atom. The SMILES string of the molecule is CC(C)C(CCNC(=O)NCC(F)(F)F)CCC(=O)O. The summed E-state index contributed by atoms with van der Waals surface area (Å²) in [6.07, 6.45) is -3.37. The van der Waals surface area contributed by atoms with Crippen molar-refractivity contribution in [3.8, 4) is 0 Å². The molecule has 0 heterocycles. The highest BCUT2D eigenvalue weighted by Gasteiger charge is 2.27. The molecule has 20 heavy (non-hydrogen) atoms. The first-order valence-electron chi connectivity index (χ1n) is 6.42. The van der Waals surface area contributed by atoms with Gasteiger partial charge in [-0.25, -0.2) is 4.79 Å². The predicted octanol–water partition coefficient (Wildman–Crippen LogP) is 2.38. The van der Waals surface area contributed by atoms with Gasteiger partial charge in [0, 0.05) is 13.0 Å². The first-order valence-corrected chi connectivity index (χ1v) is 6.42. The fourth-order valence-electron chi connectivity index (χ4n) is 1.73. The summed E-state index contributed by atoms with van der Waals surface area (Å²) in [5.74, 6) is -0.532. The highest BCUT2D eigenvalue weighted by molar-refractivity contribution is 5.73. The van der Waals surface area contributed by atoms with Gasteiger partial charge in [0.15, 0.2) is 0 Å². The first-order chi connectivity index (χ1) is 9.11. The second-order valence-corrected chi connectivity index (χ2v) is 4.95. The van der Waals surface area contributed by atoms with Crippen molar-refractivity contribution in [1.29, 1.82) is 0 Å². The zero-order valence-corrected chi connectivity index (χ0v) is 11.6. The second-order valence-electron chi connectivity index (χ2n) is 4.95. The summed E-state index contributed by atoms with van der Waals surface area (Å²) >= 11 is 0. The third-order valence-electron chi connectivity index (χ3n) is 2.92. The van der Waals surface area contributed by atoms with Gasteiger partial charge in [-0.2, -0.15) is 13.2 Å². The summed E-state index contributed by atoms with van der Waals surface area (Å²) in [6.45, 7) is 2.73. The van der Waals surface area contributed by atoms with E-state index in [0.29, 0.717) is 12.8 Å². The maximum atomic E-state index is 11.9. The number of alkyl halides is 3. The van der Waals surface area contributed by atoms with E-state index < -0.39 is 24.7 Å². The maximum Gasteiger partial charge on any atom is 0.405 e. The Morgan fingerprint density at radius 1 is 1.15 bits per heavy atom. The largest absolute Gasteiger partial charge is 0.481 e. The number of carboxylic acid groups (broad SMARTS) is 1. The number of carbonyl (C=O) groups is 2. The van der Waals surface area contributed by atoms with Crippen molar-refractivity contribution in [1.82, 2.24) is 10.6 Å². The number of halogens is 3. The van der Waals surface area contributed by atoms with E-state index in [-0.39, 0.29) is 24.8 Å². The number of hydrogen-bond acceptors (Lipinski definition) is 2. The van der Waals surface area contributed by atoms with Crippen molar-refractivity contribution < 1.29 is 27.9 Å². The third-order valence-corrected chi connectivity index (χ3v) is 2.92. The molecule has 1 atom stereocenters. The molecule has 0 aliphatic rings. The molecule has 0 rings (SSSR count). The molecule has 0 spiro atoms. The standard InChI is InChI=1S/C12H21F3N2O3/c1-8(2)9(3-4-10(18)19)5-6-16-11(20)17-7-12(13,14)15/h8-9H,3-7H2,1-2H3,(H,18,19)(H2,16,17,20). The minimum absolute atomic E-state index is 0.0448. The van der Waals surface area contributed by atoms with Crippen LogP contribution in [0.1, 0.15) is 33.1 Å². The molecular formula is C12H21F3N2O3. The third kappa shape index (κ3) is 10.5. The number of amides is 2. The van der Waals surface area contributed by atoms with E-state index in [0.717, 1.165) is 0 Å². The molecule has 0 fully saturated rings. The molecule has 0 radical (unpaired) electrons. The molecule has 0 aliphatic carbocycles. The lowest BCUT2D eigenvalue weighted by Crippen LogP contribution is -2.41. The van der Waals surface area contributed by atoms with Crippen LogP contribution >= 0.6 is 0 Å². The Kier molecular flexibility index (Phi) is 8.02. The first kappa shape index (κ1) is 18.5. The fraction of sp³-hybridized carbons (Fsp3) is 0.833. The summed E-state index contributed by atoms with van der Waals surface area (Å²) in [5, 5.41) is 12.7. The van der Waals surface area contributed by atoms with Gasteiger partial charge in [0.25, 0.3) is 0 Å². The average Bonchev–Trinajstić information content (AvgIpc) is 2.29. The minimum atomic E-state index is -4.43. The molecule has 0 saturated heterocycles. The average molecular weight is 298 g/mol. The molecular weight excluding hydrogens is 277 g/mol. The Bertz CT molecular complexity index is 320. The van der Waals surface area contributed by atoms with Crippen LogP contribution in [-0.2, 0) is 4.79 Å². The molecule has 0 aliphatic heterocycles. The molecule has 2 amide bonds. The number of aliphatic carboxylic acids is 1. The van der Waals surface area contributed by atoms with Gasteiger partial charge in [-0.1, -0.05) is 13.8 Å². The zero-order valence-electron chi connectivity index (χ0n) is 11.6. The fourth-order valence-corrected chi connectivity index (χ4v) is 1.73. The van der Waals surface area contributed by atoms with Crippen LogP contribution in [0.25, 0.3) is 0 Å².